The largest absolute Gasteiger partial charge is 0.326 e. The third-order valence-corrected chi connectivity index (χ3v) is 6.14. The number of hydrogen-bond donors (Lipinski definition) is 1. The number of nitrogens with zero attached hydrogens (tertiary/aromatic N) is 3. The SMILES string of the molecule is Cc1ccc(NC(=O)CCc2c(C)c3c(C)nn(-c4ccccc4)c3n(C)c2=O)cc1C. The molecule has 0 spiro atoms. The van der Waals surface area contributed by atoms with Gasteiger partial charge in [0.15, 0.2) is 0 Å². The summed E-state index contributed by atoms with van der Waals surface area (Å²) in [6, 6.07) is 15.6. The molecule has 0 aliphatic carbocycles. The van der Waals surface area contributed by atoms with E-state index in [9.17, 15) is 9.59 Å². The Balaban J connectivity index is 1.65. The van der Waals surface area contributed by atoms with Crippen molar-refractivity contribution in [1.82, 2.24) is 14.3 Å². The van der Waals surface area contributed by atoms with Gasteiger partial charge >= 0.3 is 0 Å². The van der Waals surface area contributed by atoms with E-state index in [0.717, 1.165) is 39.2 Å². The van der Waals surface area contributed by atoms with Crippen LogP contribution in [0.3, 0.4) is 0 Å². The molecule has 4 rings (SSSR count). The highest BCUT2D eigenvalue weighted by Crippen LogP contribution is 2.26. The smallest absolute Gasteiger partial charge is 0.255 e. The monoisotopic (exact) mass is 428 g/mol. The van der Waals surface area contributed by atoms with Gasteiger partial charge in [-0.3, -0.25) is 14.2 Å². The van der Waals surface area contributed by atoms with Gasteiger partial charge in [0, 0.05) is 30.1 Å². The van der Waals surface area contributed by atoms with E-state index in [-0.39, 0.29) is 17.9 Å². The van der Waals surface area contributed by atoms with Crippen molar-refractivity contribution in [3.63, 3.8) is 0 Å². The first-order valence-electron chi connectivity index (χ1n) is 10.8. The average Bonchev–Trinajstić information content (AvgIpc) is 3.13. The summed E-state index contributed by atoms with van der Waals surface area (Å²) < 4.78 is 3.46. The molecule has 6 heteroatoms. The van der Waals surface area contributed by atoms with Crippen LogP contribution in [0.1, 0.15) is 34.4 Å². The van der Waals surface area contributed by atoms with Crippen molar-refractivity contribution in [2.75, 3.05) is 5.32 Å². The van der Waals surface area contributed by atoms with Crippen LogP contribution in [0.5, 0.6) is 0 Å². The normalized spacial score (nSPS) is 11.2. The van der Waals surface area contributed by atoms with E-state index in [2.05, 4.69) is 5.32 Å². The number of pyridine rings is 1. The molecule has 0 fully saturated rings. The van der Waals surface area contributed by atoms with Gasteiger partial charge in [-0.25, -0.2) is 4.68 Å². The van der Waals surface area contributed by atoms with Gasteiger partial charge in [-0.2, -0.15) is 5.10 Å². The molecule has 0 saturated carbocycles. The van der Waals surface area contributed by atoms with Crippen molar-refractivity contribution in [2.24, 2.45) is 7.05 Å². The minimum atomic E-state index is -0.105. The number of anilines is 1. The zero-order chi connectivity index (χ0) is 23.0. The van der Waals surface area contributed by atoms with Crippen LogP contribution in [-0.2, 0) is 18.3 Å². The van der Waals surface area contributed by atoms with E-state index < -0.39 is 0 Å². The zero-order valence-electron chi connectivity index (χ0n) is 19.2. The molecule has 4 aromatic rings. The summed E-state index contributed by atoms with van der Waals surface area (Å²) in [4.78, 5) is 25.8. The Kier molecular flexibility index (Phi) is 5.70. The van der Waals surface area contributed by atoms with E-state index >= 15 is 0 Å². The first-order chi connectivity index (χ1) is 15.3. The minimum absolute atomic E-state index is 0.0916. The van der Waals surface area contributed by atoms with E-state index in [1.807, 2.05) is 80.9 Å². The average molecular weight is 429 g/mol. The van der Waals surface area contributed by atoms with Gasteiger partial charge in [-0.15, -0.1) is 0 Å². The molecule has 0 saturated heterocycles. The van der Waals surface area contributed by atoms with Gasteiger partial charge in [-0.1, -0.05) is 24.3 Å². The number of aryl methyl sites for hydroxylation is 5. The molecular formula is C26H28N4O2. The highest BCUT2D eigenvalue weighted by atomic mass is 16.1. The summed E-state index contributed by atoms with van der Waals surface area (Å²) in [5.74, 6) is -0.105. The van der Waals surface area contributed by atoms with E-state index in [4.69, 9.17) is 5.10 Å². The topological polar surface area (TPSA) is 68.9 Å². The quantitative estimate of drug-likeness (QED) is 0.508. The minimum Gasteiger partial charge on any atom is -0.326 e. The zero-order valence-corrected chi connectivity index (χ0v) is 19.2. The van der Waals surface area contributed by atoms with Crippen LogP contribution < -0.4 is 10.9 Å². The lowest BCUT2D eigenvalue weighted by Crippen LogP contribution is -2.25. The molecule has 2 heterocycles. The molecule has 164 valence electrons. The lowest BCUT2D eigenvalue weighted by molar-refractivity contribution is -0.116. The number of carbonyl (C=O) groups is 1. The van der Waals surface area contributed by atoms with Crippen molar-refractivity contribution >= 4 is 22.6 Å². The molecule has 32 heavy (non-hydrogen) atoms. The fourth-order valence-electron chi connectivity index (χ4n) is 4.20. The molecule has 1 amide bonds. The molecule has 2 aromatic carbocycles. The van der Waals surface area contributed by atoms with Crippen LogP contribution in [0.15, 0.2) is 53.3 Å². The molecule has 0 radical (unpaired) electrons. The Hall–Kier alpha value is -3.67. The maximum Gasteiger partial charge on any atom is 0.255 e. The van der Waals surface area contributed by atoms with Crippen LogP contribution in [0.2, 0.25) is 0 Å². The van der Waals surface area contributed by atoms with Gasteiger partial charge in [0.1, 0.15) is 5.65 Å². The van der Waals surface area contributed by atoms with Crippen LogP contribution in [0, 0.1) is 27.7 Å². The highest BCUT2D eigenvalue weighted by molar-refractivity contribution is 5.91. The molecule has 2 aromatic heterocycles. The van der Waals surface area contributed by atoms with Gasteiger partial charge < -0.3 is 5.32 Å². The number of benzene rings is 2. The number of amides is 1. The second-order valence-electron chi connectivity index (χ2n) is 8.35. The van der Waals surface area contributed by atoms with E-state index in [0.29, 0.717) is 12.0 Å². The number of rotatable bonds is 5. The molecule has 6 nitrogen and oxygen atoms in total. The predicted molar refractivity (Wildman–Crippen MR) is 129 cm³/mol. The molecule has 0 unspecified atom stereocenters. The van der Waals surface area contributed by atoms with Crippen molar-refractivity contribution in [3.8, 4) is 5.69 Å². The Bertz CT molecular complexity index is 1380. The Labute approximate surface area is 187 Å². The fourth-order valence-corrected chi connectivity index (χ4v) is 4.20. The number of carbonyl (C=O) groups excluding carboxylic acids is 1. The van der Waals surface area contributed by atoms with Gasteiger partial charge in [0.05, 0.1) is 11.4 Å². The van der Waals surface area contributed by atoms with Gasteiger partial charge in [0.2, 0.25) is 5.91 Å². The van der Waals surface area contributed by atoms with Crippen molar-refractivity contribution in [1.29, 1.82) is 0 Å². The molecule has 0 bridgehead atoms. The van der Waals surface area contributed by atoms with Crippen LogP contribution in [0.25, 0.3) is 16.7 Å². The Morgan fingerprint density at radius 2 is 1.72 bits per heavy atom. The van der Waals surface area contributed by atoms with E-state index in [1.165, 1.54) is 5.56 Å². The summed E-state index contributed by atoms with van der Waals surface area (Å²) in [6.45, 7) is 7.96. The summed E-state index contributed by atoms with van der Waals surface area (Å²) in [5.41, 5.74) is 7.07. The number of hydrogen-bond acceptors (Lipinski definition) is 3. The molecule has 0 aliphatic heterocycles. The lowest BCUT2D eigenvalue weighted by Gasteiger charge is -2.13. The van der Waals surface area contributed by atoms with Crippen LogP contribution >= 0.6 is 0 Å². The molecule has 0 aliphatic rings. The Morgan fingerprint density at radius 1 is 1.00 bits per heavy atom. The number of aromatic nitrogens is 3. The van der Waals surface area contributed by atoms with Crippen LogP contribution in [0.4, 0.5) is 5.69 Å². The first-order valence-corrected chi connectivity index (χ1v) is 10.8. The van der Waals surface area contributed by atoms with Crippen molar-refractivity contribution in [3.05, 3.63) is 86.8 Å². The number of para-hydroxylation sites is 1. The van der Waals surface area contributed by atoms with Gasteiger partial charge in [0.25, 0.3) is 5.56 Å². The maximum absolute atomic E-state index is 13.2. The summed E-state index contributed by atoms with van der Waals surface area (Å²) in [5, 5.41) is 8.61. The molecule has 0 atom stereocenters. The summed E-state index contributed by atoms with van der Waals surface area (Å²) >= 11 is 0. The molecular weight excluding hydrogens is 400 g/mol. The van der Waals surface area contributed by atoms with Gasteiger partial charge in [-0.05, 0) is 75.1 Å². The third-order valence-electron chi connectivity index (χ3n) is 6.14. The summed E-state index contributed by atoms with van der Waals surface area (Å²) in [6.07, 6.45) is 0.613. The number of fused-ring (bicyclic) bond motifs is 1. The van der Waals surface area contributed by atoms with Crippen molar-refractivity contribution in [2.45, 2.75) is 40.5 Å². The fraction of sp³-hybridized carbons (Fsp3) is 0.269. The third kappa shape index (κ3) is 3.84. The first kappa shape index (κ1) is 21.6. The standard InChI is InChI=1S/C26H28N4O2/c1-16-11-12-20(15-17(16)2)27-23(31)14-13-22-18(3)24-19(4)28-30(21-9-7-6-8-10-21)25(24)29(5)26(22)32/h6-12,15H,13-14H2,1-5H3,(H,27,31). The molecule has 1 N–H and O–H groups in total. The highest BCUT2D eigenvalue weighted by Gasteiger charge is 2.20. The van der Waals surface area contributed by atoms with Crippen molar-refractivity contribution < 1.29 is 4.79 Å². The van der Waals surface area contributed by atoms with E-state index in [1.54, 1.807) is 11.6 Å². The predicted octanol–water partition coefficient (Wildman–Crippen LogP) is 4.53. The lowest BCUT2D eigenvalue weighted by atomic mass is 10.0. The Morgan fingerprint density at radius 3 is 2.41 bits per heavy atom. The summed E-state index contributed by atoms with van der Waals surface area (Å²) in [7, 11) is 1.77. The maximum atomic E-state index is 13.2. The number of nitrogens with one attached hydrogen (secondary N) is 1. The second kappa shape index (κ2) is 8.46. The second-order valence-corrected chi connectivity index (χ2v) is 8.35. The van der Waals surface area contributed by atoms with Crippen LogP contribution in [-0.4, -0.2) is 20.3 Å².